The molecule has 0 aliphatic rings. The van der Waals surface area contributed by atoms with Crippen molar-refractivity contribution in [3.8, 4) is 0 Å². The van der Waals surface area contributed by atoms with Gasteiger partial charge in [0.1, 0.15) is 0 Å². The van der Waals surface area contributed by atoms with Gasteiger partial charge in [0.15, 0.2) is 20.3 Å². The van der Waals surface area contributed by atoms with E-state index in [1.54, 1.807) is 31.2 Å². The van der Waals surface area contributed by atoms with Crippen LogP contribution in [-0.2, 0) is 9.13 Å². The van der Waals surface area contributed by atoms with Crippen LogP contribution in [-0.4, -0.2) is 32.4 Å². The first-order chi connectivity index (χ1) is 11.4. The molecule has 2 unspecified atom stereocenters. The molecule has 0 aromatic heterocycles. The summed E-state index contributed by atoms with van der Waals surface area (Å²) in [6.45, 7) is 2.05. The first-order valence-electron chi connectivity index (χ1n) is 7.54. The molecule has 0 radical (unpaired) electrons. The summed E-state index contributed by atoms with van der Waals surface area (Å²) in [6.07, 6.45) is -0.323. The Morgan fingerprint density at radius 1 is 1.07 bits per heavy atom. The van der Waals surface area contributed by atoms with Crippen LogP contribution in [0.3, 0.4) is 0 Å². The molecule has 0 saturated heterocycles. The van der Waals surface area contributed by atoms with Gasteiger partial charge in [0.2, 0.25) is 0 Å². The fourth-order valence-corrected chi connectivity index (χ4v) is 4.39. The van der Waals surface area contributed by atoms with E-state index in [0.717, 1.165) is 5.56 Å². The van der Waals surface area contributed by atoms with Crippen molar-refractivity contribution < 1.29 is 97.7 Å². The summed E-state index contributed by atoms with van der Waals surface area (Å²) in [5, 5.41) is 8.66. The summed E-state index contributed by atoms with van der Waals surface area (Å²) in [6, 6.07) is 7.00. The Hall–Kier alpha value is 0.950. The first kappa shape index (κ1) is 30.1. The number of hydrogen-bond acceptors (Lipinski definition) is 6. The van der Waals surface area contributed by atoms with Crippen LogP contribution >= 0.6 is 15.2 Å². The molecule has 142 valence electrons. The van der Waals surface area contributed by atoms with Gasteiger partial charge in [-0.1, -0.05) is 24.6 Å². The summed E-state index contributed by atoms with van der Waals surface area (Å²) >= 11 is 0. The minimum Gasteiger partial charge on any atom is -0.776 e. The number of amides is 1. The molecule has 0 heterocycles. The van der Waals surface area contributed by atoms with E-state index in [0.29, 0.717) is 12.0 Å². The van der Waals surface area contributed by atoms with Crippen LogP contribution in [0.5, 0.6) is 0 Å². The number of unbranched alkanes of at least 4 members (excludes halogenated alkanes) is 2. The number of carbonyl (C=O) groups is 1. The molecular formula is C14H21NNa2O8P2. The third-order valence-corrected chi connectivity index (χ3v) is 7.54. The zero-order valence-corrected chi connectivity index (χ0v) is 21.4. The smallest absolute Gasteiger partial charge is 0.776 e. The molecule has 0 spiro atoms. The molecule has 1 amide bonds. The topological polar surface area (TPSA) is 170 Å². The van der Waals surface area contributed by atoms with E-state index in [1.807, 2.05) is 0 Å². The number of aryl methyl sites for hydroxylation is 1. The number of benzene rings is 1. The van der Waals surface area contributed by atoms with Crippen molar-refractivity contribution in [1.82, 2.24) is 5.32 Å². The Balaban J connectivity index is 0. The van der Waals surface area contributed by atoms with Crippen molar-refractivity contribution in [3.05, 3.63) is 35.4 Å². The average Bonchev–Trinajstić information content (AvgIpc) is 2.48. The van der Waals surface area contributed by atoms with E-state index in [2.05, 4.69) is 5.32 Å². The van der Waals surface area contributed by atoms with E-state index in [9.17, 15) is 28.8 Å². The minimum atomic E-state index is -5.72. The summed E-state index contributed by atoms with van der Waals surface area (Å²) in [7, 11) is -11.4. The van der Waals surface area contributed by atoms with E-state index in [1.165, 1.54) is 0 Å². The van der Waals surface area contributed by atoms with E-state index in [-0.39, 0.29) is 84.4 Å². The van der Waals surface area contributed by atoms with Gasteiger partial charge < -0.3 is 39.1 Å². The minimum absolute atomic E-state index is 0. The van der Waals surface area contributed by atoms with Gasteiger partial charge in [-0.25, -0.2) is 0 Å². The van der Waals surface area contributed by atoms with Crippen LogP contribution in [0, 0.1) is 6.92 Å². The summed E-state index contributed by atoms with van der Waals surface area (Å²) in [5.41, 5.74) is 1.34. The zero-order valence-electron chi connectivity index (χ0n) is 15.6. The molecule has 1 aromatic rings. The number of nitrogens with one attached hydrogen (secondary N) is 1. The quantitative estimate of drug-likeness (QED) is 0.167. The Kier molecular flexibility index (Phi) is 14.1. The van der Waals surface area contributed by atoms with Crippen molar-refractivity contribution in [2.24, 2.45) is 0 Å². The molecule has 0 aliphatic carbocycles. The van der Waals surface area contributed by atoms with E-state index in [4.69, 9.17) is 9.79 Å². The number of hydrogen-bond donors (Lipinski definition) is 4. The summed E-state index contributed by atoms with van der Waals surface area (Å²) in [4.78, 5) is 51.8. The van der Waals surface area contributed by atoms with Crippen molar-refractivity contribution in [2.75, 3.05) is 6.54 Å². The van der Waals surface area contributed by atoms with Gasteiger partial charge in [-0.3, -0.25) is 4.79 Å². The van der Waals surface area contributed by atoms with Crippen LogP contribution in [0.25, 0.3) is 0 Å². The summed E-state index contributed by atoms with van der Waals surface area (Å²) in [5.74, 6) is -0.270. The third-order valence-electron chi connectivity index (χ3n) is 3.77. The monoisotopic (exact) mass is 439 g/mol. The van der Waals surface area contributed by atoms with Gasteiger partial charge in [-0.2, -0.15) is 0 Å². The average molecular weight is 439 g/mol. The van der Waals surface area contributed by atoms with Gasteiger partial charge in [-0.15, -0.1) is 0 Å². The Morgan fingerprint density at radius 3 is 2.07 bits per heavy atom. The number of aliphatic hydroxyl groups is 1. The maximum atomic E-state index is 11.9. The van der Waals surface area contributed by atoms with Crippen LogP contribution in [0.15, 0.2) is 24.3 Å². The molecular weight excluding hydrogens is 418 g/mol. The van der Waals surface area contributed by atoms with Gasteiger partial charge in [0.25, 0.3) is 5.91 Å². The van der Waals surface area contributed by atoms with Gasteiger partial charge in [0.05, 0.1) is 0 Å². The molecule has 0 saturated carbocycles. The van der Waals surface area contributed by atoms with Gasteiger partial charge in [-0.05, 0) is 37.8 Å². The maximum Gasteiger partial charge on any atom is 1.00 e. The molecule has 9 nitrogen and oxygen atoms in total. The third kappa shape index (κ3) is 8.69. The molecule has 0 aliphatic heterocycles. The molecule has 1 rings (SSSR count). The molecule has 2 atom stereocenters. The molecule has 1 aromatic carbocycles. The number of rotatable bonds is 9. The van der Waals surface area contributed by atoms with Crippen LogP contribution in [0.2, 0.25) is 0 Å². The van der Waals surface area contributed by atoms with Crippen LogP contribution < -0.4 is 74.2 Å². The first-order valence-corrected chi connectivity index (χ1v) is 10.7. The fourth-order valence-electron chi connectivity index (χ4n) is 2.23. The van der Waals surface area contributed by atoms with Crippen molar-refractivity contribution in [3.63, 3.8) is 0 Å². The second-order valence-electron chi connectivity index (χ2n) is 5.70. The van der Waals surface area contributed by atoms with Crippen LogP contribution in [0.4, 0.5) is 0 Å². The largest absolute Gasteiger partial charge is 1.00 e. The molecule has 27 heavy (non-hydrogen) atoms. The SMILES string of the molecule is Cc1ccccc1C(=O)NCCCCCC(O)(P(=O)([O-])O)P(=O)([O-])O.[Na+].[Na+]. The molecule has 4 N–H and O–H groups in total. The predicted molar refractivity (Wildman–Crippen MR) is 86.6 cm³/mol. The predicted octanol–water partition coefficient (Wildman–Crippen LogP) is -5.97. The van der Waals surface area contributed by atoms with Gasteiger partial charge in [0, 0.05) is 12.1 Å². The van der Waals surface area contributed by atoms with E-state index < -0.39 is 26.7 Å². The van der Waals surface area contributed by atoms with Crippen molar-refractivity contribution >= 4 is 21.1 Å². The molecule has 0 bridgehead atoms. The fraction of sp³-hybridized carbons (Fsp3) is 0.500. The second-order valence-corrected chi connectivity index (χ2v) is 9.61. The molecule has 0 fully saturated rings. The van der Waals surface area contributed by atoms with Crippen molar-refractivity contribution in [2.45, 2.75) is 37.7 Å². The standard InChI is InChI=1S/C14H23NO8P2.2Na/c1-11-7-3-4-8-12(11)13(16)15-10-6-2-5-9-14(17,24(18,19)20)25(21,22)23;;/h3-4,7-8,17H,2,5-6,9-10H2,1H3,(H,15,16)(H2,18,19,20)(H2,21,22,23);;/q;2*+1/p-2. The normalized spacial score (nSPS) is 17.3. The zero-order chi connectivity index (χ0) is 19.3. The summed E-state index contributed by atoms with van der Waals surface area (Å²) < 4.78 is 22.1. The van der Waals surface area contributed by atoms with Crippen LogP contribution in [0.1, 0.15) is 41.6 Å². The Labute approximate surface area is 202 Å². The maximum absolute atomic E-state index is 11.9. The second kappa shape index (κ2) is 12.6. The Bertz CT molecular complexity index is 684. The Morgan fingerprint density at radius 2 is 1.59 bits per heavy atom. The van der Waals surface area contributed by atoms with Crippen molar-refractivity contribution in [1.29, 1.82) is 0 Å². The number of carbonyl (C=O) groups excluding carboxylic acids is 1. The van der Waals surface area contributed by atoms with E-state index >= 15 is 0 Å². The molecule has 13 heteroatoms. The van der Waals surface area contributed by atoms with Gasteiger partial charge >= 0.3 is 59.1 Å².